The normalized spacial score (nSPS) is 13.2. The van der Waals surface area contributed by atoms with Crippen LogP contribution in [-0.2, 0) is 11.8 Å². The lowest BCUT2D eigenvalue weighted by molar-refractivity contribution is 0.167. The van der Waals surface area contributed by atoms with Gasteiger partial charge < -0.3 is 5.11 Å². The number of hydrogen-bond acceptors (Lipinski definition) is 2. The minimum atomic E-state index is -0.425. The summed E-state index contributed by atoms with van der Waals surface area (Å²) in [6.07, 6.45) is 2.86. The summed E-state index contributed by atoms with van der Waals surface area (Å²) in [5, 5.41) is 10.2. The molecule has 1 atom stereocenters. The molecule has 0 radical (unpaired) electrons. The van der Waals surface area contributed by atoms with Crippen LogP contribution in [0.3, 0.4) is 0 Å². The Morgan fingerprint density at radius 1 is 1.05 bits per heavy atom. The Kier molecular flexibility index (Phi) is 4.56. The number of nitrogens with zero attached hydrogens (tertiary/aromatic N) is 1. The molecule has 0 aliphatic carbocycles. The molecule has 0 saturated carbocycles. The Bertz CT molecular complexity index is 526. The van der Waals surface area contributed by atoms with Crippen molar-refractivity contribution in [3.63, 3.8) is 0 Å². The van der Waals surface area contributed by atoms with Crippen molar-refractivity contribution in [2.24, 2.45) is 0 Å². The highest BCUT2D eigenvalue weighted by Crippen LogP contribution is 2.25. The number of hydrogen-bond donors (Lipinski definition) is 1. The van der Waals surface area contributed by atoms with E-state index in [1.807, 2.05) is 30.3 Å². The van der Waals surface area contributed by atoms with E-state index in [2.05, 4.69) is 37.9 Å². The summed E-state index contributed by atoms with van der Waals surface area (Å²) < 4.78 is 0. The van der Waals surface area contributed by atoms with E-state index >= 15 is 0 Å². The Hall–Kier alpha value is -1.67. The molecule has 2 rings (SSSR count). The second-order valence-corrected chi connectivity index (χ2v) is 6.25. The molecule has 2 aromatic rings. The van der Waals surface area contributed by atoms with Crippen LogP contribution in [0.5, 0.6) is 0 Å². The van der Waals surface area contributed by atoms with Gasteiger partial charge in [0.25, 0.3) is 0 Å². The first-order chi connectivity index (χ1) is 9.47. The lowest BCUT2D eigenvalue weighted by Gasteiger charge is -2.20. The van der Waals surface area contributed by atoms with Crippen molar-refractivity contribution in [3.05, 3.63) is 65.5 Å². The summed E-state index contributed by atoms with van der Waals surface area (Å²) >= 11 is 0. The summed E-state index contributed by atoms with van der Waals surface area (Å²) in [6, 6.07) is 14.2. The van der Waals surface area contributed by atoms with Crippen LogP contribution >= 0.6 is 0 Å². The van der Waals surface area contributed by atoms with Gasteiger partial charge in [0.2, 0.25) is 0 Å². The van der Waals surface area contributed by atoms with Crippen LogP contribution in [0.25, 0.3) is 0 Å². The molecule has 0 fully saturated rings. The summed E-state index contributed by atoms with van der Waals surface area (Å²) in [5.41, 5.74) is 3.45. The van der Waals surface area contributed by atoms with Gasteiger partial charge in [-0.1, -0.05) is 51.1 Å². The zero-order valence-corrected chi connectivity index (χ0v) is 12.5. The highest BCUT2D eigenvalue weighted by atomic mass is 16.3. The monoisotopic (exact) mass is 269 g/mol. The van der Waals surface area contributed by atoms with E-state index in [-0.39, 0.29) is 5.41 Å². The Labute approximate surface area is 121 Å². The fourth-order valence-electron chi connectivity index (χ4n) is 2.20. The molecule has 1 aromatic heterocycles. The predicted molar refractivity (Wildman–Crippen MR) is 82.7 cm³/mol. The topological polar surface area (TPSA) is 33.1 Å². The molecule has 2 nitrogen and oxygen atoms in total. The molecule has 106 valence electrons. The van der Waals surface area contributed by atoms with E-state index in [1.165, 1.54) is 5.56 Å². The maximum Gasteiger partial charge on any atom is 0.0793 e. The number of pyridine rings is 1. The third kappa shape index (κ3) is 3.91. The average Bonchev–Trinajstić information content (AvgIpc) is 2.45. The molecule has 0 bridgehead atoms. The van der Waals surface area contributed by atoms with Gasteiger partial charge in [-0.15, -0.1) is 0 Å². The minimum absolute atomic E-state index is 0.150. The van der Waals surface area contributed by atoms with Crippen molar-refractivity contribution in [2.45, 2.75) is 45.1 Å². The first-order valence-corrected chi connectivity index (χ1v) is 7.15. The summed E-state index contributed by atoms with van der Waals surface area (Å²) in [5.74, 6) is 0. The predicted octanol–water partition coefficient (Wildman–Crippen LogP) is 4.05. The van der Waals surface area contributed by atoms with E-state index in [4.69, 9.17) is 0 Å². The molecule has 0 aliphatic rings. The standard InChI is InChI=1S/C18H23NO/c1-18(2,3)15-9-7-14(8-10-15)17(20)12-11-16-6-4-5-13-19-16/h4-10,13,17,20H,11-12H2,1-3H3. The van der Waals surface area contributed by atoms with Crippen molar-refractivity contribution in [3.8, 4) is 0 Å². The molecule has 1 unspecified atom stereocenters. The zero-order chi connectivity index (χ0) is 14.6. The van der Waals surface area contributed by atoms with Crippen molar-refractivity contribution in [1.82, 2.24) is 4.98 Å². The quantitative estimate of drug-likeness (QED) is 0.908. The van der Waals surface area contributed by atoms with E-state index in [0.29, 0.717) is 6.42 Å². The fraction of sp³-hybridized carbons (Fsp3) is 0.389. The molecular weight excluding hydrogens is 246 g/mol. The summed E-state index contributed by atoms with van der Waals surface area (Å²) in [7, 11) is 0. The first kappa shape index (κ1) is 14.7. The van der Waals surface area contributed by atoms with Crippen LogP contribution < -0.4 is 0 Å². The largest absolute Gasteiger partial charge is 0.388 e. The van der Waals surface area contributed by atoms with Crippen molar-refractivity contribution in [2.75, 3.05) is 0 Å². The number of aliphatic hydroxyl groups excluding tert-OH is 1. The van der Waals surface area contributed by atoms with Crippen LogP contribution in [0, 0.1) is 0 Å². The third-order valence-corrected chi connectivity index (χ3v) is 3.56. The fourth-order valence-corrected chi connectivity index (χ4v) is 2.20. The maximum atomic E-state index is 10.2. The highest BCUT2D eigenvalue weighted by molar-refractivity contribution is 5.28. The second kappa shape index (κ2) is 6.19. The molecular formula is C18H23NO. The van der Waals surface area contributed by atoms with Gasteiger partial charge in [-0.2, -0.15) is 0 Å². The number of rotatable bonds is 4. The zero-order valence-electron chi connectivity index (χ0n) is 12.5. The number of aromatic nitrogens is 1. The average molecular weight is 269 g/mol. The van der Waals surface area contributed by atoms with Crippen LogP contribution in [-0.4, -0.2) is 10.1 Å². The molecule has 1 aromatic carbocycles. The van der Waals surface area contributed by atoms with Crippen molar-refractivity contribution >= 4 is 0 Å². The van der Waals surface area contributed by atoms with Gasteiger partial charge >= 0.3 is 0 Å². The molecule has 1 N–H and O–H groups in total. The lowest BCUT2D eigenvalue weighted by atomic mass is 9.86. The lowest BCUT2D eigenvalue weighted by Crippen LogP contribution is -2.11. The van der Waals surface area contributed by atoms with Crippen LogP contribution in [0.1, 0.15) is 50.1 Å². The Morgan fingerprint density at radius 2 is 1.75 bits per heavy atom. The van der Waals surface area contributed by atoms with Gasteiger partial charge in [-0.25, -0.2) is 0 Å². The van der Waals surface area contributed by atoms with Gasteiger partial charge in [-0.3, -0.25) is 4.98 Å². The Morgan fingerprint density at radius 3 is 2.30 bits per heavy atom. The number of benzene rings is 1. The third-order valence-electron chi connectivity index (χ3n) is 3.56. The number of aryl methyl sites for hydroxylation is 1. The highest BCUT2D eigenvalue weighted by Gasteiger charge is 2.14. The van der Waals surface area contributed by atoms with Gasteiger partial charge in [0, 0.05) is 11.9 Å². The van der Waals surface area contributed by atoms with Crippen LogP contribution in [0.15, 0.2) is 48.7 Å². The van der Waals surface area contributed by atoms with Crippen molar-refractivity contribution < 1.29 is 5.11 Å². The first-order valence-electron chi connectivity index (χ1n) is 7.15. The maximum absolute atomic E-state index is 10.2. The Balaban J connectivity index is 1.97. The van der Waals surface area contributed by atoms with Gasteiger partial charge in [-0.05, 0) is 41.5 Å². The van der Waals surface area contributed by atoms with Crippen molar-refractivity contribution in [1.29, 1.82) is 0 Å². The van der Waals surface area contributed by atoms with E-state index in [1.54, 1.807) is 6.20 Å². The molecule has 20 heavy (non-hydrogen) atoms. The number of aliphatic hydroxyl groups is 1. The van der Waals surface area contributed by atoms with Gasteiger partial charge in [0.15, 0.2) is 0 Å². The molecule has 0 saturated heterocycles. The summed E-state index contributed by atoms with van der Waals surface area (Å²) in [6.45, 7) is 6.58. The summed E-state index contributed by atoms with van der Waals surface area (Å²) in [4.78, 5) is 4.28. The SMILES string of the molecule is CC(C)(C)c1ccc(C(O)CCc2ccccn2)cc1. The van der Waals surface area contributed by atoms with Crippen LogP contribution in [0.2, 0.25) is 0 Å². The minimum Gasteiger partial charge on any atom is -0.388 e. The van der Waals surface area contributed by atoms with E-state index in [9.17, 15) is 5.11 Å². The van der Waals surface area contributed by atoms with E-state index in [0.717, 1.165) is 17.7 Å². The molecule has 2 heteroatoms. The molecule has 1 heterocycles. The smallest absolute Gasteiger partial charge is 0.0793 e. The van der Waals surface area contributed by atoms with E-state index < -0.39 is 6.10 Å². The van der Waals surface area contributed by atoms with Gasteiger partial charge in [0.1, 0.15) is 0 Å². The molecule has 0 spiro atoms. The van der Waals surface area contributed by atoms with Gasteiger partial charge in [0.05, 0.1) is 6.10 Å². The second-order valence-electron chi connectivity index (χ2n) is 6.25. The molecule has 0 aliphatic heterocycles. The molecule has 0 amide bonds. The van der Waals surface area contributed by atoms with Crippen LogP contribution in [0.4, 0.5) is 0 Å².